The predicted octanol–water partition coefficient (Wildman–Crippen LogP) is 3.13. The fourth-order valence-electron chi connectivity index (χ4n) is 1.90. The number of carbonyl (C=O) groups is 1. The van der Waals surface area contributed by atoms with Crippen molar-refractivity contribution in [2.75, 3.05) is 7.11 Å². The van der Waals surface area contributed by atoms with Gasteiger partial charge < -0.3 is 10.5 Å². The summed E-state index contributed by atoms with van der Waals surface area (Å²) < 4.78 is 6.21. The number of hydrogen-bond acceptors (Lipinski definition) is 5. The molecule has 2 N–H and O–H groups in total. The number of amides is 1. The molecule has 0 radical (unpaired) electrons. The Balaban J connectivity index is 2.33. The Labute approximate surface area is 117 Å². The number of aromatic nitrogens is 1. The summed E-state index contributed by atoms with van der Waals surface area (Å²) in [7, 11) is 1.59. The van der Waals surface area contributed by atoms with E-state index in [-0.39, 0.29) is 0 Å². The summed E-state index contributed by atoms with van der Waals surface area (Å²) in [6, 6.07) is 5.88. The minimum Gasteiger partial charge on any atom is -0.494 e. The number of nitrogens with zero attached hydrogens (tertiary/aromatic N) is 1. The largest absolute Gasteiger partial charge is 0.494 e. The van der Waals surface area contributed by atoms with Crippen LogP contribution in [0.2, 0.25) is 0 Å². The third kappa shape index (κ3) is 1.98. The number of fused-ring (bicyclic) bond motifs is 1. The zero-order valence-electron chi connectivity index (χ0n) is 10.0. The number of ether oxygens (including phenoxy) is 1. The molecule has 0 spiro atoms. The summed E-state index contributed by atoms with van der Waals surface area (Å²) in [5.41, 5.74) is 8.15. The zero-order chi connectivity index (χ0) is 13.4. The molecule has 96 valence electrons. The number of methoxy groups -OCH3 is 1. The van der Waals surface area contributed by atoms with Crippen molar-refractivity contribution in [2.45, 2.75) is 0 Å². The maximum atomic E-state index is 11.3. The molecular formula is C13H10N2O2S2. The van der Waals surface area contributed by atoms with Gasteiger partial charge in [0.05, 0.1) is 11.8 Å². The lowest BCUT2D eigenvalue weighted by Gasteiger charge is -2.04. The highest BCUT2D eigenvalue weighted by Crippen LogP contribution is 2.38. The van der Waals surface area contributed by atoms with Crippen LogP contribution in [0.5, 0.6) is 5.75 Å². The maximum absolute atomic E-state index is 11.3. The van der Waals surface area contributed by atoms with Crippen LogP contribution in [0.25, 0.3) is 21.3 Å². The van der Waals surface area contributed by atoms with E-state index < -0.39 is 5.91 Å². The first-order chi connectivity index (χ1) is 9.20. The van der Waals surface area contributed by atoms with E-state index in [1.807, 2.05) is 23.6 Å². The lowest BCUT2D eigenvalue weighted by molar-refractivity contribution is 0.1000. The molecule has 1 aromatic carbocycles. The summed E-state index contributed by atoms with van der Waals surface area (Å²) in [6.45, 7) is 0. The van der Waals surface area contributed by atoms with E-state index in [4.69, 9.17) is 10.5 Å². The van der Waals surface area contributed by atoms with Gasteiger partial charge in [-0.3, -0.25) is 4.79 Å². The highest BCUT2D eigenvalue weighted by molar-refractivity contribution is 7.21. The number of carbonyl (C=O) groups excluding carboxylic acids is 1. The molecule has 0 aliphatic rings. The second-order valence-corrected chi connectivity index (χ2v) is 5.67. The molecule has 3 rings (SSSR count). The fourth-order valence-corrected chi connectivity index (χ4v) is 3.52. The average Bonchev–Trinajstić information content (AvgIpc) is 3.06. The van der Waals surface area contributed by atoms with Gasteiger partial charge >= 0.3 is 0 Å². The Morgan fingerprint density at radius 1 is 1.37 bits per heavy atom. The van der Waals surface area contributed by atoms with Crippen LogP contribution in [0.1, 0.15) is 9.80 Å². The van der Waals surface area contributed by atoms with Gasteiger partial charge in [-0.2, -0.15) is 11.3 Å². The van der Waals surface area contributed by atoms with Crippen LogP contribution < -0.4 is 10.5 Å². The molecule has 0 unspecified atom stereocenters. The Bertz CT molecular complexity index is 747. The molecule has 3 aromatic rings. The van der Waals surface area contributed by atoms with Crippen LogP contribution in [0.4, 0.5) is 0 Å². The maximum Gasteiger partial charge on any atom is 0.277 e. The Morgan fingerprint density at radius 3 is 2.84 bits per heavy atom. The second-order valence-electron chi connectivity index (χ2n) is 3.89. The molecule has 2 aromatic heterocycles. The van der Waals surface area contributed by atoms with Crippen molar-refractivity contribution in [2.24, 2.45) is 5.73 Å². The van der Waals surface area contributed by atoms with E-state index in [0.717, 1.165) is 15.8 Å². The number of rotatable bonds is 3. The van der Waals surface area contributed by atoms with Gasteiger partial charge in [0.15, 0.2) is 5.01 Å². The van der Waals surface area contributed by atoms with Crippen LogP contribution in [-0.4, -0.2) is 18.0 Å². The lowest BCUT2D eigenvalue weighted by Crippen LogP contribution is -2.09. The Morgan fingerprint density at radius 2 is 2.21 bits per heavy atom. The van der Waals surface area contributed by atoms with Crippen molar-refractivity contribution in [3.05, 3.63) is 34.0 Å². The van der Waals surface area contributed by atoms with Crippen molar-refractivity contribution in [1.82, 2.24) is 4.98 Å². The lowest BCUT2D eigenvalue weighted by atomic mass is 10.1. The molecule has 0 fully saturated rings. The zero-order valence-corrected chi connectivity index (χ0v) is 11.7. The van der Waals surface area contributed by atoms with Gasteiger partial charge in [-0.1, -0.05) is 0 Å². The van der Waals surface area contributed by atoms with E-state index in [0.29, 0.717) is 16.3 Å². The highest BCUT2D eigenvalue weighted by Gasteiger charge is 2.16. The topological polar surface area (TPSA) is 65.2 Å². The summed E-state index contributed by atoms with van der Waals surface area (Å²) >= 11 is 2.93. The molecule has 1 amide bonds. The van der Waals surface area contributed by atoms with E-state index in [9.17, 15) is 4.79 Å². The molecule has 2 heterocycles. The first-order valence-corrected chi connectivity index (χ1v) is 7.26. The fraction of sp³-hybridized carbons (Fsp3) is 0.0769. The van der Waals surface area contributed by atoms with Crippen LogP contribution in [0.15, 0.2) is 29.0 Å². The predicted molar refractivity (Wildman–Crippen MR) is 78.0 cm³/mol. The molecular weight excluding hydrogens is 280 g/mol. The molecule has 0 aliphatic heterocycles. The molecule has 6 heteroatoms. The second kappa shape index (κ2) is 4.64. The first kappa shape index (κ1) is 12.1. The number of nitrogens with two attached hydrogens (primary N) is 1. The summed E-state index contributed by atoms with van der Waals surface area (Å²) in [6.07, 6.45) is 0. The minimum atomic E-state index is -0.514. The molecule has 0 bridgehead atoms. The monoisotopic (exact) mass is 290 g/mol. The van der Waals surface area contributed by atoms with E-state index in [1.165, 1.54) is 11.3 Å². The number of thiophene rings is 1. The van der Waals surface area contributed by atoms with Crippen LogP contribution in [-0.2, 0) is 0 Å². The van der Waals surface area contributed by atoms with Gasteiger partial charge in [0.25, 0.3) is 5.91 Å². The smallest absolute Gasteiger partial charge is 0.277 e. The van der Waals surface area contributed by atoms with Gasteiger partial charge in [0, 0.05) is 5.56 Å². The normalized spacial score (nSPS) is 10.8. The molecule has 0 aliphatic carbocycles. The highest BCUT2D eigenvalue weighted by atomic mass is 32.1. The van der Waals surface area contributed by atoms with Crippen LogP contribution in [0, 0.1) is 0 Å². The van der Waals surface area contributed by atoms with E-state index in [2.05, 4.69) is 10.4 Å². The third-order valence-corrected chi connectivity index (χ3v) is 4.56. The van der Waals surface area contributed by atoms with Gasteiger partial charge in [-0.05, 0) is 34.5 Å². The summed E-state index contributed by atoms with van der Waals surface area (Å²) in [4.78, 5) is 15.6. The number of benzene rings is 1. The van der Waals surface area contributed by atoms with Crippen molar-refractivity contribution in [3.8, 4) is 16.9 Å². The SMILES string of the molecule is COc1ccc(-c2ccsc2)c2sc(C(N)=O)nc12. The van der Waals surface area contributed by atoms with Crippen LogP contribution in [0.3, 0.4) is 0 Å². The van der Waals surface area contributed by atoms with E-state index in [1.54, 1.807) is 18.4 Å². The van der Waals surface area contributed by atoms with Gasteiger partial charge in [0.2, 0.25) is 0 Å². The Hall–Kier alpha value is -1.92. The molecule has 0 saturated carbocycles. The molecule has 4 nitrogen and oxygen atoms in total. The Kier molecular flexibility index (Phi) is 2.96. The van der Waals surface area contributed by atoms with Crippen molar-refractivity contribution in [1.29, 1.82) is 0 Å². The van der Waals surface area contributed by atoms with Gasteiger partial charge in [-0.15, -0.1) is 11.3 Å². The van der Waals surface area contributed by atoms with Gasteiger partial charge in [0.1, 0.15) is 11.3 Å². The van der Waals surface area contributed by atoms with E-state index >= 15 is 0 Å². The number of primary amides is 1. The molecule has 0 saturated heterocycles. The molecule has 19 heavy (non-hydrogen) atoms. The number of thiazole rings is 1. The minimum absolute atomic E-state index is 0.302. The summed E-state index contributed by atoms with van der Waals surface area (Å²) in [5, 5.41) is 4.38. The third-order valence-electron chi connectivity index (χ3n) is 2.77. The first-order valence-electron chi connectivity index (χ1n) is 5.50. The van der Waals surface area contributed by atoms with Gasteiger partial charge in [-0.25, -0.2) is 4.98 Å². The van der Waals surface area contributed by atoms with Crippen molar-refractivity contribution >= 4 is 38.8 Å². The van der Waals surface area contributed by atoms with Crippen molar-refractivity contribution < 1.29 is 9.53 Å². The standard InChI is InChI=1S/C13H10N2O2S2/c1-17-9-3-2-8(7-4-5-18-6-7)11-10(9)15-13(19-11)12(14)16/h2-6H,1H3,(H2,14,16). The quantitative estimate of drug-likeness (QED) is 0.806. The number of hydrogen-bond donors (Lipinski definition) is 1. The van der Waals surface area contributed by atoms with Crippen LogP contribution >= 0.6 is 22.7 Å². The summed E-state index contributed by atoms with van der Waals surface area (Å²) in [5.74, 6) is 0.136. The molecule has 0 atom stereocenters. The average molecular weight is 290 g/mol. The van der Waals surface area contributed by atoms with Crippen molar-refractivity contribution in [3.63, 3.8) is 0 Å².